The number of anilines is 1. The molecule has 7 heteroatoms. The summed E-state index contributed by atoms with van der Waals surface area (Å²) >= 11 is 0. The molecule has 0 bridgehead atoms. The highest BCUT2D eigenvalue weighted by Gasteiger charge is 2.28. The topological polar surface area (TPSA) is 58.8 Å². The summed E-state index contributed by atoms with van der Waals surface area (Å²) in [6.07, 6.45) is 6.22. The molecule has 196 valence electrons. The molecule has 0 atom stereocenters. The molecule has 0 amide bonds. The van der Waals surface area contributed by atoms with E-state index in [1.165, 1.54) is 24.1 Å². The van der Waals surface area contributed by atoms with Crippen molar-refractivity contribution in [3.05, 3.63) is 89.4 Å². The third kappa shape index (κ3) is 5.16. The summed E-state index contributed by atoms with van der Waals surface area (Å²) in [5.41, 5.74) is 8.01. The Morgan fingerprint density at radius 2 is 1.61 bits per heavy atom. The Kier molecular flexibility index (Phi) is 7.36. The molecule has 1 saturated heterocycles. The maximum Gasteiger partial charge on any atom is 0.156 e. The van der Waals surface area contributed by atoms with E-state index in [-0.39, 0.29) is 0 Å². The van der Waals surface area contributed by atoms with E-state index in [1.54, 1.807) is 6.33 Å². The first-order chi connectivity index (χ1) is 18.8. The number of piperazine rings is 1. The van der Waals surface area contributed by atoms with Gasteiger partial charge in [0.25, 0.3) is 0 Å². The van der Waals surface area contributed by atoms with Gasteiger partial charge in [0.05, 0.1) is 5.71 Å². The number of aromatic nitrogens is 3. The minimum absolute atomic E-state index is 0.459. The molecule has 2 aromatic heterocycles. The normalized spacial score (nSPS) is 16.6. The van der Waals surface area contributed by atoms with Gasteiger partial charge in [0, 0.05) is 50.5 Å². The van der Waals surface area contributed by atoms with E-state index in [9.17, 15) is 0 Å². The third-order valence-corrected chi connectivity index (χ3v) is 7.84. The van der Waals surface area contributed by atoms with Gasteiger partial charge in [-0.25, -0.2) is 9.97 Å². The van der Waals surface area contributed by atoms with E-state index >= 15 is 0 Å². The van der Waals surface area contributed by atoms with Crippen LogP contribution in [0.2, 0.25) is 0 Å². The SMILES string of the molecule is CC(=NOCc1ccccc1)c1c2n(c3c(N4CCN(CCc5ccccc5)CC4)ncnc13)CCCC2. The lowest BCUT2D eigenvalue weighted by atomic mass is 10.0. The number of benzene rings is 2. The highest BCUT2D eigenvalue weighted by atomic mass is 16.6. The number of aryl methyl sites for hydroxylation is 1. The van der Waals surface area contributed by atoms with Crippen LogP contribution >= 0.6 is 0 Å². The van der Waals surface area contributed by atoms with Crippen molar-refractivity contribution in [2.45, 2.75) is 45.8 Å². The summed E-state index contributed by atoms with van der Waals surface area (Å²) in [5, 5.41) is 4.54. The Morgan fingerprint density at radius 3 is 2.37 bits per heavy atom. The van der Waals surface area contributed by atoms with Crippen LogP contribution in [0.15, 0.2) is 72.1 Å². The van der Waals surface area contributed by atoms with Crippen molar-refractivity contribution in [3.63, 3.8) is 0 Å². The van der Waals surface area contributed by atoms with Crippen LogP contribution in [0, 0.1) is 0 Å². The summed E-state index contributed by atoms with van der Waals surface area (Å²) in [4.78, 5) is 20.4. The fraction of sp³-hybridized carbons (Fsp3) is 0.387. The fourth-order valence-corrected chi connectivity index (χ4v) is 5.83. The van der Waals surface area contributed by atoms with Crippen molar-refractivity contribution >= 4 is 22.6 Å². The summed E-state index contributed by atoms with van der Waals surface area (Å²) < 4.78 is 2.46. The van der Waals surface area contributed by atoms with Crippen LogP contribution in [0.3, 0.4) is 0 Å². The fourth-order valence-electron chi connectivity index (χ4n) is 5.83. The maximum atomic E-state index is 5.78. The van der Waals surface area contributed by atoms with E-state index in [4.69, 9.17) is 14.8 Å². The van der Waals surface area contributed by atoms with Crippen LogP contribution in [-0.2, 0) is 30.8 Å². The van der Waals surface area contributed by atoms with Gasteiger partial charge >= 0.3 is 0 Å². The zero-order valence-corrected chi connectivity index (χ0v) is 22.2. The van der Waals surface area contributed by atoms with Crippen molar-refractivity contribution in [1.82, 2.24) is 19.4 Å². The molecular formula is C31H36N6O. The second kappa shape index (κ2) is 11.4. The molecule has 0 spiro atoms. The molecule has 0 saturated carbocycles. The van der Waals surface area contributed by atoms with Crippen molar-refractivity contribution in [1.29, 1.82) is 0 Å². The van der Waals surface area contributed by atoms with Gasteiger partial charge in [-0.1, -0.05) is 65.8 Å². The lowest BCUT2D eigenvalue weighted by Crippen LogP contribution is -2.47. The Labute approximate surface area is 224 Å². The lowest BCUT2D eigenvalue weighted by Gasteiger charge is -2.35. The molecule has 0 radical (unpaired) electrons. The van der Waals surface area contributed by atoms with Gasteiger partial charge in [0.1, 0.15) is 24.0 Å². The molecule has 2 aliphatic heterocycles. The minimum atomic E-state index is 0.459. The predicted molar refractivity (Wildman–Crippen MR) is 153 cm³/mol. The number of nitrogens with zero attached hydrogens (tertiary/aromatic N) is 6. The van der Waals surface area contributed by atoms with E-state index in [1.807, 2.05) is 25.1 Å². The average Bonchev–Trinajstić information content (AvgIpc) is 3.32. The van der Waals surface area contributed by atoms with Crippen molar-refractivity contribution in [3.8, 4) is 0 Å². The first-order valence-corrected chi connectivity index (χ1v) is 13.9. The van der Waals surface area contributed by atoms with Gasteiger partial charge in [-0.05, 0) is 43.7 Å². The van der Waals surface area contributed by atoms with E-state index in [2.05, 4.69) is 62.0 Å². The zero-order valence-electron chi connectivity index (χ0n) is 22.2. The summed E-state index contributed by atoms with van der Waals surface area (Å²) in [6.45, 7) is 8.65. The first-order valence-electron chi connectivity index (χ1n) is 13.9. The molecule has 0 aliphatic carbocycles. The number of fused-ring (bicyclic) bond motifs is 3. The summed E-state index contributed by atoms with van der Waals surface area (Å²) in [6, 6.07) is 21.0. The lowest BCUT2D eigenvalue weighted by molar-refractivity contribution is 0.130. The molecule has 7 nitrogen and oxygen atoms in total. The van der Waals surface area contributed by atoms with E-state index in [0.717, 1.165) is 85.8 Å². The smallest absolute Gasteiger partial charge is 0.156 e. The Balaban J connectivity index is 1.22. The zero-order chi connectivity index (χ0) is 25.7. The van der Waals surface area contributed by atoms with Gasteiger partial charge in [-0.3, -0.25) is 4.90 Å². The van der Waals surface area contributed by atoms with Gasteiger partial charge < -0.3 is 14.3 Å². The Hall–Kier alpha value is -3.71. The average molecular weight is 509 g/mol. The van der Waals surface area contributed by atoms with Crippen LogP contribution in [-0.4, -0.2) is 57.9 Å². The third-order valence-electron chi connectivity index (χ3n) is 7.84. The summed E-state index contributed by atoms with van der Waals surface area (Å²) in [5.74, 6) is 1.06. The van der Waals surface area contributed by atoms with Gasteiger partial charge in [0.15, 0.2) is 5.82 Å². The standard InChI is InChI=1S/C31H36N6O/c1-24(34-38-22-26-12-6-3-7-13-26)28-27-14-8-9-16-37(27)30-29(28)32-23-33-31(30)36-20-18-35(19-21-36)17-15-25-10-4-2-5-11-25/h2-7,10-13,23H,8-9,14-22H2,1H3. The van der Waals surface area contributed by atoms with Crippen molar-refractivity contribution < 1.29 is 4.84 Å². The van der Waals surface area contributed by atoms with Gasteiger partial charge in [0.2, 0.25) is 0 Å². The minimum Gasteiger partial charge on any atom is -0.391 e. The largest absolute Gasteiger partial charge is 0.391 e. The van der Waals surface area contributed by atoms with E-state index in [0.29, 0.717) is 6.61 Å². The van der Waals surface area contributed by atoms with Crippen LogP contribution in [0.5, 0.6) is 0 Å². The van der Waals surface area contributed by atoms with Crippen molar-refractivity contribution in [2.24, 2.45) is 5.16 Å². The van der Waals surface area contributed by atoms with E-state index < -0.39 is 0 Å². The number of oxime groups is 1. The maximum absolute atomic E-state index is 5.78. The predicted octanol–water partition coefficient (Wildman–Crippen LogP) is 5.07. The first kappa shape index (κ1) is 24.6. The highest BCUT2D eigenvalue weighted by molar-refractivity contribution is 6.11. The molecular weight excluding hydrogens is 472 g/mol. The molecule has 4 heterocycles. The van der Waals surface area contributed by atoms with Crippen LogP contribution in [0.1, 0.15) is 42.1 Å². The van der Waals surface area contributed by atoms with Crippen LogP contribution in [0.25, 0.3) is 11.0 Å². The summed E-state index contributed by atoms with van der Waals surface area (Å²) in [7, 11) is 0. The van der Waals surface area contributed by atoms with Crippen molar-refractivity contribution in [2.75, 3.05) is 37.6 Å². The number of hydrogen-bond donors (Lipinski definition) is 0. The van der Waals surface area contributed by atoms with Gasteiger partial charge in [-0.2, -0.15) is 0 Å². The highest BCUT2D eigenvalue weighted by Crippen LogP contribution is 2.35. The Bertz CT molecular complexity index is 1390. The molecule has 4 aromatic rings. The molecule has 0 unspecified atom stereocenters. The van der Waals surface area contributed by atoms with Crippen LogP contribution in [0.4, 0.5) is 5.82 Å². The monoisotopic (exact) mass is 508 g/mol. The van der Waals surface area contributed by atoms with Crippen LogP contribution < -0.4 is 4.90 Å². The molecule has 2 aromatic carbocycles. The molecule has 38 heavy (non-hydrogen) atoms. The molecule has 6 rings (SSSR count). The second-order valence-electron chi connectivity index (χ2n) is 10.3. The quantitative estimate of drug-likeness (QED) is 0.246. The Morgan fingerprint density at radius 1 is 0.868 bits per heavy atom. The molecule has 2 aliphatic rings. The molecule has 0 N–H and O–H groups in total. The molecule has 1 fully saturated rings. The second-order valence-corrected chi connectivity index (χ2v) is 10.3. The van der Waals surface area contributed by atoms with Gasteiger partial charge in [-0.15, -0.1) is 0 Å². The number of hydrogen-bond acceptors (Lipinski definition) is 6. The number of rotatable bonds is 8.